The molecule has 126 valence electrons. The lowest BCUT2D eigenvalue weighted by Crippen LogP contribution is -2.43. The fourth-order valence-corrected chi connectivity index (χ4v) is 4.03. The Morgan fingerprint density at radius 2 is 1.50 bits per heavy atom. The van der Waals surface area contributed by atoms with E-state index in [-0.39, 0.29) is 0 Å². The molecule has 1 fully saturated rings. The summed E-state index contributed by atoms with van der Waals surface area (Å²) >= 11 is 1.44. The molecular formula is C14H8F5IN4. The molecule has 4 nitrogen and oxygen atoms in total. The third-order valence-electron chi connectivity index (χ3n) is 3.77. The Hall–Kier alpha value is -2.08. The largest absolute Gasteiger partial charge is 0.390 e. The lowest BCUT2D eigenvalue weighted by molar-refractivity contribution is 0.183. The van der Waals surface area contributed by atoms with E-state index in [0.29, 0.717) is 0 Å². The molecule has 2 rings (SSSR count). The fourth-order valence-electron chi connectivity index (χ4n) is 2.65. The molecule has 4 N–H and O–H groups in total. The van der Waals surface area contributed by atoms with Gasteiger partial charge in [-0.3, -0.25) is 0 Å². The number of hydrogen-bond acceptors (Lipinski definition) is 4. The zero-order valence-corrected chi connectivity index (χ0v) is 13.8. The number of fused-ring (bicyclic) bond motifs is 1. The molecule has 24 heavy (non-hydrogen) atoms. The van der Waals surface area contributed by atoms with Crippen molar-refractivity contribution in [2.24, 2.45) is 17.4 Å². The Morgan fingerprint density at radius 3 is 2.00 bits per heavy atom. The van der Waals surface area contributed by atoms with Gasteiger partial charge in [-0.15, -0.1) is 0 Å². The van der Waals surface area contributed by atoms with Crippen LogP contribution in [0.15, 0.2) is 45.6 Å². The minimum absolute atomic E-state index is 0.573. The van der Waals surface area contributed by atoms with Crippen LogP contribution in [0.4, 0.5) is 22.0 Å². The van der Waals surface area contributed by atoms with E-state index in [1.54, 1.807) is 0 Å². The predicted octanol–water partition coefficient (Wildman–Crippen LogP) is 2.96. The highest BCUT2D eigenvalue weighted by molar-refractivity contribution is 14.1. The highest BCUT2D eigenvalue weighted by atomic mass is 127. The van der Waals surface area contributed by atoms with Crippen LogP contribution in [0.5, 0.6) is 0 Å². The number of nitriles is 2. The lowest BCUT2D eigenvalue weighted by Gasteiger charge is -2.38. The average Bonchev–Trinajstić information content (AvgIpc) is 2.55. The first-order valence-corrected chi connectivity index (χ1v) is 7.60. The lowest BCUT2D eigenvalue weighted by atomic mass is 9.73. The SMILES string of the molecule is N#C/C(N)=C1/C(F)=C(F)C2C(=C1F)C(F)C(F)/C(=C(\N)C#N)C2I. The second-order valence-electron chi connectivity index (χ2n) is 5.00. The van der Waals surface area contributed by atoms with Crippen LogP contribution in [0.2, 0.25) is 0 Å². The molecular weight excluding hydrogens is 446 g/mol. The van der Waals surface area contributed by atoms with Gasteiger partial charge < -0.3 is 11.5 Å². The molecule has 10 heteroatoms. The van der Waals surface area contributed by atoms with Gasteiger partial charge in [0.2, 0.25) is 0 Å². The van der Waals surface area contributed by atoms with Crippen molar-refractivity contribution < 1.29 is 22.0 Å². The van der Waals surface area contributed by atoms with E-state index >= 15 is 0 Å². The molecule has 0 aromatic heterocycles. The number of rotatable bonds is 0. The van der Waals surface area contributed by atoms with Crippen LogP contribution in [0, 0.1) is 28.6 Å². The van der Waals surface area contributed by atoms with Gasteiger partial charge in [-0.2, -0.15) is 10.5 Å². The Balaban J connectivity index is 2.81. The Bertz CT molecular complexity index is 814. The smallest absolute Gasteiger partial charge is 0.168 e. The molecule has 4 atom stereocenters. The van der Waals surface area contributed by atoms with Crippen LogP contribution in [0.1, 0.15) is 0 Å². The molecule has 0 radical (unpaired) electrons. The van der Waals surface area contributed by atoms with E-state index < -0.39 is 67.8 Å². The summed E-state index contributed by atoms with van der Waals surface area (Å²) in [4.78, 5) is 0. The Morgan fingerprint density at radius 1 is 0.958 bits per heavy atom. The molecule has 0 aliphatic heterocycles. The van der Waals surface area contributed by atoms with Gasteiger partial charge in [0, 0.05) is 11.1 Å². The first-order valence-electron chi connectivity index (χ1n) is 6.36. The molecule has 0 amide bonds. The van der Waals surface area contributed by atoms with Gasteiger partial charge in [0.25, 0.3) is 0 Å². The van der Waals surface area contributed by atoms with Crippen molar-refractivity contribution in [3.63, 3.8) is 0 Å². The molecule has 2 aliphatic rings. The number of halogens is 6. The van der Waals surface area contributed by atoms with E-state index in [0.717, 1.165) is 0 Å². The first kappa shape index (κ1) is 18.3. The highest BCUT2D eigenvalue weighted by Gasteiger charge is 2.52. The quantitative estimate of drug-likeness (QED) is 0.255. The number of allylic oxidation sites excluding steroid dienone is 8. The van der Waals surface area contributed by atoms with Crippen molar-refractivity contribution in [2.45, 2.75) is 16.3 Å². The molecule has 0 saturated heterocycles. The zero-order valence-electron chi connectivity index (χ0n) is 11.6. The normalized spacial score (nSPS) is 34.3. The van der Waals surface area contributed by atoms with Crippen molar-refractivity contribution in [2.75, 3.05) is 0 Å². The first-order chi connectivity index (χ1) is 11.2. The predicted molar refractivity (Wildman–Crippen MR) is 82.1 cm³/mol. The molecule has 0 heterocycles. The molecule has 0 bridgehead atoms. The van der Waals surface area contributed by atoms with Gasteiger partial charge in [-0.1, -0.05) is 22.6 Å². The van der Waals surface area contributed by atoms with Gasteiger partial charge in [0.05, 0.1) is 15.4 Å². The summed E-state index contributed by atoms with van der Waals surface area (Å²) in [5.41, 5.74) is 5.96. The van der Waals surface area contributed by atoms with E-state index in [9.17, 15) is 22.0 Å². The minimum Gasteiger partial charge on any atom is -0.390 e. The molecule has 2 aliphatic carbocycles. The Labute approximate surface area is 146 Å². The fraction of sp³-hybridized carbons (Fsp3) is 0.286. The Kier molecular flexibility index (Phi) is 4.90. The zero-order chi connectivity index (χ0) is 18.3. The van der Waals surface area contributed by atoms with Gasteiger partial charge in [-0.05, 0) is 0 Å². The van der Waals surface area contributed by atoms with Crippen LogP contribution < -0.4 is 11.5 Å². The van der Waals surface area contributed by atoms with Gasteiger partial charge in [0.1, 0.15) is 35.2 Å². The molecule has 0 aromatic rings. The monoisotopic (exact) mass is 454 g/mol. The average molecular weight is 454 g/mol. The summed E-state index contributed by atoms with van der Waals surface area (Å²) in [6.07, 6.45) is -5.22. The van der Waals surface area contributed by atoms with E-state index in [2.05, 4.69) is 0 Å². The van der Waals surface area contributed by atoms with Crippen LogP contribution >= 0.6 is 22.6 Å². The van der Waals surface area contributed by atoms with Crippen LogP contribution in [-0.4, -0.2) is 16.3 Å². The third kappa shape index (κ3) is 2.45. The summed E-state index contributed by atoms with van der Waals surface area (Å²) in [6.45, 7) is 0. The maximum atomic E-state index is 14.5. The molecule has 1 saturated carbocycles. The van der Waals surface area contributed by atoms with E-state index in [1.165, 1.54) is 34.7 Å². The van der Waals surface area contributed by atoms with Crippen molar-refractivity contribution >= 4 is 22.6 Å². The standard InChI is InChI=1S/C14H8F5IN4/c15-9-5(3(23)1-21)10(16)13(19)8-7(9)12(18)11(17)6(14(8)20)4(24)2-22/h8,11-12,14H,23-24H2/b5-3-,6-4+. The second kappa shape index (κ2) is 6.43. The number of nitrogens with zero attached hydrogens (tertiary/aromatic N) is 2. The van der Waals surface area contributed by atoms with Crippen molar-refractivity contribution in [1.82, 2.24) is 0 Å². The van der Waals surface area contributed by atoms with Crippen LogP contribution in [-0.2, 0) is 0 Å². The van der Waals surface area contributed by atoms with Crippen molar-refractivity contribution in [1.29, 1.82) is 10.5 Å². The molecule has 0 spiro atoms. The summed E-state index contributed by atoms with van der Waals surface area (Å²) in [6, 6.07) is 2.65. The number of alkyl halides is 3. The summed E-state index contributed by atoms with van der Waals surface area (Å²) in [5, 5.41) is 17.4. The van der Waals surface area contributed by atoms with Gasteiger partial charge >= 0.3 is 0 Å². The third-order valence-corrected chi connectivity index (χ3v) is 5.16. The summed E-state index contributed by atoms with van der Waals surface area (Å²) in [7, 11) is 0. The van der Waals surface area contributed by atoms with E-state index in [4.69, 9.17) is 22.0 Å². The second-order valence-corrected chi connectivity index (χ2v) is 6.34. The summed E-state index contributed by atoms with van der Waals surface area (Å²) in [5.74, 6) is -6.81. The van der Waals surface area contributed by atoms with Gasteiger partial charge in [0.15, 0.2) is 18.2 Å². The van der Waals surface area contributed by atoms with Gasteiger partial charge in [-0.25, -0.2) is 22.0 Å². The maximum Gasteiger partial charge on any atom is 0.168 e. The van der Waals surface area contributed by atoms with Crippen molar-refractivity contribution in [3.8, 4) is 12.1 Å². The number of hydrogen-bond donors (Lipinski definition) is 2. The topological polar surface area (TPSA) is 99.6 Å². The molecule has 4 unspecified atom stereocenters. The van der Waals surface area contributed by atoms with Crippen molar-refractivity contribution in [3.05, 3.63) is 45.6 Å². The highest BCUT2D eigenvalue weighted by Crippen LogP contribution is 2.52. The molecule has 0 aromatic carbocycles. The van der Waals surface area contributed by atoms with Crippen LogP contribution in [0.3, 0.4) is 0 Å². The van der Waals surface area contributed by atoms with Crippen LogP contribution in [0.25, 0.3) is 0 Å². The number of nitrogens with two attached hydrogens (primary N) is 2. The maximum absolute atomic E-state index is 14.5. The summed E-state index contributed by atoms with van der Waals surface area (Å²) < 4.78 is 70.3. The minimum atomic E-state index is -2.71. The van der Waals surface area contributed by atoms with E-state index in [1.807, 2.05) is 0 Å².